The molecular weight excluding hydrogens is 311 g/mol. The first-order valence-electron chi connectivity index (χ1n) is 4.25. The van der Waals surface area contributed by atoms with E-state index in [1.54, 1.807) is 22.6 Å². The summed E-state index contributed by atoms with van der Waals surface area (Å²) in [5.41, 5.74) is 5.31. The van der Waals surface area contributed by atoms with Crippen molar-refractivity contribution in [3.8, 4) is 12.3 Å². The standard InChI is InChI=1S/C9H13IN2O3/c1-4-7(10)15-9(14)6(3)12-8(13)5(2)11/h1,5-7H,11H2,2-3H3,(H,12,13)/t5-,6-,7?/m0/s1. The van der Waals surface area contributed by atoms with E-state index >= 15 is 0 Å². The monoisotopic (exact) mass is 324 g/mol. The summed E-state index contributed by atoms with van der Waals surface area (Å²) >= 11 is 1.78. The second-order valence-electron chi connectivity index (χ2n) is 2.94. The average Bonchev–Trinajstić information content (AvgIpc) is 2.16. The molecule has 15 heavy (non-hydrogen) atoms. The summed E-state index contributed by atoms with van der Waals surface area (Å²) in [6.07, 6.45) is 5.03. The molecule has 0 aromatic heterocycles. The summed E-state index contributed by atoms with van der Waals surface area (Å²) in [5.74, 6) is 1.24. The van der Waals surface area contributed by atoms with Crippen molar-refractivity contribution >= 4 is 34.5 Å². The van der Waals surface area contributed by atoms with E-state index in [1.807, 2.05) is 0 Å². The lowest BCUT2D eigenvalue weighted by Crippen LogP contribution is -2.46. The topological polar surface area (TPSA) is 81.4 Å². The molecule has 3 atom stereocenters. The minimum Gasteiger partial charge on any atom is -0.438 e. The van der Waals surface area contributed by atoms with Crippen LogP contribution >= 0.6 is 22.6 Å². The van der Waals surface area contributed by atoms with Crippen LogP contribution in [0, 0.1) is 12.3 Å². The van der Waals surface area contributed by atoms with Crippen LogP contribution in [0.4, 0.5) is 0 Å². The number of nitrogens with one attached hydrogen (secondary N) is 1. The molecule has 6 heteroatoms. The summed E-state index contributed by atoms with van der Waals surface area (Å²) in [4.78, 5) is 22.4. The number of amides is 1. The van der Waals surface area contributed by atoms with E-state index in [0.29, 0.717) is 0 Å². The van der Waals surface area contributed by atoms with Crippen molar-refractivity contribution in [1.82, 2.24) is 5.32 Å². The minimum absolute atomic E-state index is 0.412. The molecule has 0 saturated heterocycles. The fraction of sp³-hybridized carbons (Fsp3) is 0.556. The van der Waals surface area contributed by atoms with Gasteiger partial charge in [0, 0.05) is 0 Å². The van der Waals surface area contributed by atoms with Gasteiger partial charge in [0.1, 0.15) is 6.04 Å². The lowest BCUT2D eigenvalue weighted by molar-refractivity contribution is -0.146. The van der Waals surface area contributed by atoms with Crippen molar-refractivity contribution in [2.75, 3.05) is 0 Å². The molecule has 0 aliphatic carbocycles. The number of rotatable bonds is 4. The first-order valence-corrected chi connectivity index (χ1v) is 5.49. The van der Waals surface area contributed by atoms with E-state index in [-0.39, 0.29) is 0 Å². The van der Waals surface area contributed by atoms with Crippen LogP contribution in [0.25, 0.3) is 0 Å². The maximum atomic E-state index is 11.3. The smallest absolute Gasteiger partial charge is 0.330 e. The Labute approximate surface area is 102 Å². The first kappa shape index (κ1) is 14.2. The molecule has 0 saturated carbocycles. The van der Waals surface area contributed by atoms with Crippen molar-refractivity contribution in [1.29, 1.82) is 0 Å². The second kappa shape index (κ2) is 6.63. The molecule has 0 spiro atoms. The Bertz CT molecular complexity index is 286. The number of nitrogens with two attached hydrogens (primary N) is 1. The Kier molecular flexibility index (Phi) is 6.27. The molecule has 1 amide bonds. The maximum absolute atomic E-state index is 11.3. The lowest BCUT2D eigenvalue weighted by Gasteiger charge is -2.15. The largest absolute Gasteiger partial charge is 0.438 e. The highest BCUT2D eigenvalue weighted by atomic mass is 127. The van der Waals surface area contributed by atoms with Gasteiger partial charge in [-0.1, -0.05) is 5.92 Å². The number of carbonyl (C=O) groups excluding carboxylic acids is 2. The SMILES string of the molecule is C#CC(I)OC(=O)[C@H](C)NC(=O)[C@H](C)N. The number of hydrogen-bond acceptors (Lipinski definition) is 4. The zero-order valence-electron chi connectivity index (χ0n) is 8.49. The molecule has 0 aliphatic rings. The van der Waals surface area contributed by atoms with E-state index in [2.05, 4.69) is 11.2 Å². The number of ether oxygens (including phenoxy) is 1. The number of alkyl halides is 1. The predicted molar refractivity (Wildman–Crippen MR) is 64.0 cm³/mol. The molecule has 0 rings (SSSR count). The molecule has 0 radical (unpaired) electrons. The number of halogens is 1. The molecule has 0 fully saturated rings. The van der Waals surface area contributed by atoms with Crippen LogP contribution in [0.5, 0.6) is 0 Å². The number of esters is 1. The highest BCUT2D eigenvalue weighted by Gasteiger charge is 2.20. The van der Waals surface area contributed by atoms with Gasteiger partial charge < -0.3 is 15.8 Å². The quantitative estimate of drug-likeness (QED) is 0.324. The van der Waals surface area contributed by atoms with Crippen LogP contribution in [0.1, 0.15) is 13.8 Å². The third-order valence-corrected chi connectivity index (χ3v) is 2.09. The van der Waals surface area contributed by atoms with Crippen LogP contribution in [0.15, 0.2) is 0 Å². The highest BCUT2D eigenvalue weighted by Crippen LogP contribution is 2.02. The summed E-state index contributed by atoms with van der Waals surface area (Å²) in [6.45, 7) is 3.03. The summed E-state index contributed by atoms with van der Waals surface area (Å²) < 4.78 is 4.16. The van der Waals surface area contributed by atoms with Gasteiger partial charge in [0.15, 0.2) is 0 Å². The van der Waals surface area contributed by atoms with Crippen molar-refractivity contribution in [3.63, 3.8) is 0 Å². The van der Waals surface area contributed by atoms with Crippen LogP contribution in [-0.2, 0) is 14.3 Å². The molecule has 0 aromatic carbocycles. The third-order valence-electron chi connectivity index (χ3n) is 1.48. The molecule has 0 heterocycles. The molecular formula is C9H13IN2O3. The van der Waals surface area contributed by atoms with Crippen molar-refractivity contribution in [3.05, 3.63) is 0 Å². The summed E-state index contributed by atoms with van der Waals surface area (Å²) in [7, 11) is 0. The maximum Gasteiger partial charge on any atom is 0.330 e. The van der Waals surface area contributed by atoms with E-state index in [1.165, 1.54) is 13.8 Å². The molecule has 1 unspecified atom stereocenters. The Balaban J connectivity index is 4.12. The molecule has 3 N–H and O–H groups in total. The number of terminal acetylenes is 1. The Morgan fingerprint density at radius 2 is 2.07 bits per heavy atom. The molecule has 5 nitrogen and oxygen atoms in total. The van der Waals surface area contributed by atoms with E-state index in [4.69, 9.17) is 16.9 Å². The van der Waals surface area contributed by atoms with Crippen LogP contribution in [0.3, 0.4) is 0 Å². The van der Waals surface area contributed by atoms with Gasteiger partial charge in [-0.15, -0.1) is 6.42 Å². The van der Waals surface area contributed by atoms with Crippen LogP contribution in [0.2, 0.25) is 0 Å². The second-order valence-corrected chi connectivity index (χ2v) is 4.07. The van der Waals surface area contributed by atoms with Gasteiger partial charge >= 0.3 is 5.97 Å². The first-order chi connectivity index (χ1) is 6.88. The van der Waals surface area contributed by atoms with Gasteiger partial charge in [-0.05, 0) is 36.4 Å². The van der Waals surface area contributed by atoms with Gasteiger partial charge in [-0.3, -0.25) is 4.79 Å². The summed E-state index contributed by atoms with van der Waals surface area (Å²) in [5, 5.41) is 2.40. The molecule has 0 aromatic rings. The fourth-order valence-electron chi connectivity index (χ4n) is 0.642. The Morgan fingerprint density at radius 1 is 1.53 bits per heavy atom. The van der Waals surface area contributed by atoms with Crippen molar-refractivity contribution < 1.29 is 14.3 Å². The van der Waals surface area contributed by atoms with Crippen molar-refractivity contribution in [2.45, 2.75) is 30.0 Å². The van der Waals surface area contributed by atoms with Gasteiger partial charge in [0.05, 0.1) is 6.04 Å². The normalized spacial score (nSPS) is 15.7. The Hall–Kier alpha value is -0.810. The van der Waals surface area contributed by atoms with Crippen molar-refractivity contribution in [2.24, 2.45) is 5.73 Å². The predicted octanol–water partition coefficient (Wildman–Crippen LogP) is -0.224. The summed E-state index contributed by atoms with van der Waals surface area (Å²) in [6, 6.07) is -1.42. The lowest BCUT2D eigenvalue weighted by atomic mass is 10.3. The molecule has 84 valence electrons. The molecule has 0 aliphatic heterocycles. The van der Waals surface area contributed by atoms with E-state index in [0.717, 1.165) is 0 Å². The average molecular weight is 324 g/mol. The van der Waals surface area contributed by atoms with Gasteiger partial charge in [0.25, 0.3) is 0 Å². The van der Waals surface area contributed by atoms with E-state index in [9.17, 15) is 9.59 Å². The fourth-order valence-corrected chi connectivity index (χ4v) is 0.892. The molecule has 0 bridgehead atoms. The van der Waals surface area contributed by atoms with Crippen LogP contribution < -0.4 is 11.1 Å². The van der Waals surface area contributed by atoms with Gasteiger partial charge in [-0.25, -0.2) is 4.79 Å². The number of hydrogen-bond donors (Lipinski definition) is 2. The van der Waals surface area contributed by atoms with Gasteiger partial charge in [-0.2, -0.15) is 0 Å². The number of carbonyl (C=O) groups is 2. The Morgan fingerprint density at radius 3 is 2.47 bits per heavy atom. The third kappa shape index (κ3) is 5.59. The highest BCUT2D eigenvalue weighted by molar-refractivity contribution is 14.1. The van der Waals surface area contributed by atoms with Gasteiger partial charge in [0.2, 0.25) is 10.0 Å². The minimum atomic E-state index is -0.755. The van der Waals surface area contributed by atoms with E-state index < -0.39 is 28.1 Å². The zero-order valence-corrected chi connectivity index (χ0v) is 10.6. The van der Waals surface area contributed by atoms with Crippen LogP contribution in [-0.4, -0.2) is 28.1 Å². The zero-order chi connectivity index (χ0) is 12.0.